The second kappa shape index (κ2) is 8.14. The van der Waals surface area contributed by atoms with E-state index in [1.807, 2.05) is 12.1 Å². The third-order valence-corrected chi connectivity index (χ3v) is 3.90. The van der Waals surface area contributed by atoms with E-state index in [4.69, 9.17) is 11.2 Å². The van der Waals surface area contributed by atoms with Crippen LogP contribution in [0.4, 0.5) is 0 Å². The molecule has 1 N–H and O–H groups in total. The molecule has 0 aliphatic heterocycles. The highest BCUT2D eigenvalue weighted by Gasteiger charge is 2.06. The minimum Gasteiger partial charge on any atom is -0.481 e. The van der Waals surface area contributed by atoms with Crippen LogP contribution >= 0.6 is 15.9 Å². The molecule has 0 amide bonds. The van der Waals surface area contributed by atoms with Crippen molar-refractivity contribution in [3.8, 4) is 18.1 Å². The van der Waals surface area contributed by atoms with Crippen LogP contribution in [0.1, 0.15) is 31.2 Å². The molecule has 2 nitrogen and oxygen atoms in total. The number of nitrogens with one attached hydrogen (secondary N) is 1. The fourth-order valence-electron chi connectivity index (χ4n) is 2.38. The van der Waals surface area contributed by atoms with Gasteiger partial charge in [0.25, 0.3) is 0 Å². The molecule has 106 valence electrons. The van der Waals surface area contributed by atoms with E-state index in [1.165, 1.54) is 19.3 Å². The number of allylic oxidation sites excluding steroid dienone is 1. The van der Waals surface area contributed by atoms with Gasteiger partial charge in [0, 0.05) is 16.6 Å². The summed E-state index contributed by atoms with van der Waals surface area (Å²) in [6, 6.07) is 6.00. The van der Waals surface area contributed by atoms with Crippen molar-refractivity contribution < 1.29 is 4.74 Å². The van der Waals surface area contributed by atoms with Crippen molar-refractivity contribution in [2.75, 3.05) is 13.2 Å². The minimum atomic E-state index is 0.307. The zero-order valence-electron chi connectivity index (χ0n) is 11.6. The van der Waals surface area contributed by atoms with Gasteiger partial charge in [-0.1, -0.05) is 33.5 Å². The van der Waals surface area contributed by atoms with Gasteiger partial charge in [-0.2, -0.15) is 0 Å². The van der Waals surface area contributed by atoms with Gasteiger partial charge in [-0.25, -0.2) is 0 Å². The Morgan fingerprint density at radius 2 is 2.30 bits per heavy atom. The summed E-state index contributed by atoms with van der Waals surface area (Å²) in [5.41, 5.74) is 2.73. The van der Waals surface area contributed by atoms with Crippen molar-refractivity contribution in [1.29, 1.82) is 0 Å². The van der Waals surface area contributed by atoms with Crippen molar-refractivity contribution in [3.05, 3.63) is 39.9 Å². The zero-order valence-corrected chi connectivity index (χ0v) is 13.2. The van der Waals surface area contributed by atoms with E-state index in [2.05, 4.69) is 39.3 Å². The summed E-state index contributed by atoms with van der Waals surface area (Å²) in [4.78, 5) is 0. The Balaban J connectivity index is 1.84. The van der Waals surface area contributed by atoms with Crippen LogP contribution in [-0.2, 0) is 6.54 Å². The van der Waals surface area contributed by atoms with Crippen molar-refractivity contribution in [2.24, 2.45) is 0 Å². The molecule has 0 heterocycles. The predicted molar refractivity (Wildman–Crippen MR) is 86.7 cm³/mol. The van der Waals surface area contributed by atoms with Gasteiger partial charge in [-0.15, -0.1) is 6.42 Å². The molecule has 0 saturated heterocycles. The quantitative estimate of drug-likeness (QED) is 0.461. The van der Waals surface area contributed by atoms with Gasteiger partial charge in [-0.3, -0.25) is 0 Å². The molecule has 20 heavy (non-hydrogen) atoms. The van der Waals surface area contributed by atoms with Crippen LogP contribution in [0, 0.1) is 12.3 Å². The summed E-state index contributed by atoms with van der Waals surface area (Å²) in [6.07, 6.45) is 12.6. The smallest absolute Gasteiger partial charge is 0.148 e. The molecule has 3 heteroatoms. The van der Waals surface area contributed by atoms with Crippen LogP contribution in [0.25, 0.3) is 0 Å². The average Bonchev–Trinajstić information content (AvgIpc) is 2.96. The fraction of sp³-hybridized carbons (Fsp3) is 0.412. The molecule has 0 fully saturated rings. The number of rotatable bonds is 7. The predicted octanol–water partition coefficient (Wildman–Crippen LogP) is 4.05. The van der Waals surface area contributed by atoms with Crippen LogP contribution in [-0.4, -0.2) is 13.2 Å². The highest BCUT2D eigenvalue weighted by Crippen LogP contribution is 2.23. The van der Waals surface area contributed by atoms with Crippen LogP contribution in [0.2, 0.25) is 0 Å². The van der Waals surface area contributed by atoms with Gasteiger partial charge < -0.3 is 10.1 Å². The number of halogens is 1. The molecular weight excluding hydrogens is 314 g/mol. The van der Waals surface area contributed by atoms with Crippen LogP contribution in [0.3, 0.4) is 0 Å². The van der Waals surface area contributed by atoms with Crippen LogP contribution in [0.15, 0.2) is 34.3 Å². The van der Waals surface area contributed by atoms with Gasteiger partial charge in [0.05, 0.1) is 0 Å². The molecule has 0 bridgehead atoms. The molecule has 0 spiro atoms. The largest absolute Gasteiger partial charge is 0.481 e. The lowest BCUT2D eigenvalue weighted by Crippen LogP contribution is -2.16. The van der Waals surface area contributed by atoms with E-state index in [9.17, 15) is 0 Å². The lowest BCUT2D eigenvalue weighted by atomic mass is 10.1. The number of benzene rings is 1. The van der Waals surface area contributed by atoms with Crippen molar-refractivity contribution in [3.63, 3.8) is 0 Å². The van der Waals surface area contributed by atoms with Crippen LogP contribution in [0.5, 0.6) is 5.75 Å². The normalized spacial score (nSPS) is 13.9. The third kappa shape index (κ3) is 4.70. The number of hydrogen-bond acceptors (Lipinski definition) is 2. The molecule has 1 aliphatic carbocycles. The standard InChI is InChI=1S/C17H20BrNO/c1-2-11-20-17-8-7-16(18)12-15(17)13-19-10-9-14-5-3-4-6-14/h1,5,7-8,12,19H,3-4,6,9-11,13H2. The summed E-state index contributed by atoms with van der Waals surface area (Å²) in [5, 5.41) is 3.48. The maximum absolute atomic E-state index is 5.56. The zero-order chi connectivity index (χ0) is 14.2. The SMILES string of the molecule is C#CCOc1ccc(Br)cc1CNCCC1=CCCC1. The van der Waals surface area contributed by atoms with E-state index in [-0.39, 0.29) is 0 Å². The lowest BCUT2D eigenvalue weighted by molar-refractivity contribution is 0.365. The van der Waals surface area contributed by atoms with Gasteiger partial charge in [-0.05, 0) is 50.4 Å². The first kappa shape index (κ1) is 15.2. The maximum Gasteiger partial charge on any atom is 0.148 e. The summed E-state index contributed by atoms with van der Waals surface area (Å²) >= 11 is 3.49. The number of terminal acetylenes is 1. The average molecular weight is 334 g/mol. The third-order valence-electron chi connectivity index (χ3n) is 3.41. The molecule has 1 aliphatic rings. The topological polar surface area (TPSA) is 21.3 Å². The second-order valence-electron chi connectivity index (χ2n) is 4.93. The van der Waals surface area contributed by atoms with Crippen molar-refractivity contribution >= 4 is 15.9 Å². The van der Waals surface area contributed by atoms with Gasteiger partial charge in [0.1, 0.15) is 12.4 Å². The molecule has 0 unspecified atom stereocenters. The fourth-order valence-corrected chi connectivity index (χ4v) is 2.79. The Morgan fingerprint density at radius 1 is 1.40 bits per heavy atom. The second-order valence-corrected chi connectivity index (χ2v) is 5.84. The summed E-state index contributed by atoms with van der Waals surface area (Å²) in [7, 11) is 0. The Morgan fingerprint density at radius 3 is 3.05 bits per heavy atom. The molecule has 1 aromatic carbocycles. The minimum absolute atomic E-state index is 0.307. The van der Waals surface area contributed by atoms with Crippen LogP contribution < -0.4 is 10.1 Å². The van der Waals surface area contributed by atoms with E-state index < -0.39 is 0 Å². The Labute approximate surface area is 129 Å². The number of hydrogen-bond donors (Lipinski definition) is 1. The maximum atomic E-state index is 5.56. The first-order valence-corrected chi connectivity index (χ1v) is 7.82. The Kier molecular flexibility index (Phi) is 6.17. The summed E-state index contributed by atoms with van der Waals surface area (Å²) in [6.45, 7) is 2.11. The van der Waals surface area contributed by atoms with Gasteiger partial charge in [0.15, 0.2) is 0 Å². The molecule has 0 aromatic heterocycles. The van der Waals surface area contributed by atoms with Gasteiger partial charge in [0.2, 0.25) is 0 Å². The molecule has 2 rings (SSSR count). The van der Waals surface area contributed by atoms with E-state index in [0.717, 1.165) is 35.3 Å². The highest BCUT2D eigenvalue weighted by molar-refractivity contribution is 9.10. The van der Waals surface area contributed by atoms with Crippen molar-refractivity contribution in [2.45, 2.75) is 32.2 Å². The monoisotopic (exact) mass is 333 g/mol. The van der Waals surface area contributed by atoms with Gasteiger partial charge >= 0.3 is 0 Å². The first-order valence-electron chi connectivity index (χ1n) is 7.03. The highest BCUT2D eigenvalue weighted by atomic mass is 79.9. The molecule has 1 aromatic rings. The van der Waals surface area contributed by atoms with E-state index in [1.54, 1.807) is 5.57 Å². The van der Waals surface area contributed by atoms with Crippen molar-refractivity contribution in [1.82, 2.24) is 5.32 Å². The molecule has 0 atom stereocenters. The molecular formula is C17H20BrNO. The number of ether oxygens (including phenoxy) is 1. The summed E-state index contributed by atoms with van der Waals surface area (Å²) < 4.78 is 6.62. The Bertz CT molecular complexity index is 516. The molecule has 0 radical (unpaired) electrons. The van der Waals surface area contributed by atoms with E-state index in [0.29, 0.717) is 6.61 Å². The first-order chi connectivity index (χ1) is 9.79. The lowest BCUT2D eigenvalue weighted by Gasteiger charge is -2.11. The summed E-state index contributed by atoms with van der Waals surface area (Å²) in [5.74, 6) is 3.36. The Hall–Kier alpha value is -1.24. The molecule has 0 saturated carbocycles. The van der Waals surface area contributed by atoms with E-state index >= 15 is 0 Å².